The Labute approximate surface area is 138 Å². The Balaban J connectivity index is 0.00000264. The molecule has 1 aromatic carbocycles. The van der Waals surface area contributed by atoms with Gasteiger partial charge in [0.2, 0.25) is 5.91 Å². The number of carbonyl (C=O) groups is 2. The molecule has 1 heterocycles. The molecule has 0 aromatic heterocycles. The second kappa shape index (κ2) is 8.07. The summed E-state index contributed by atoms with van der Waals surface area (Å²) in [6.45, 7) is -0.547. The van der Waals surface area contributed by atoms with Gasteiger partial charge in [-0.05, 0) is 17.7 Å². The Morgan fingerprint density at radius 2 is 2.17 bits per heavy atom. The van der Waals surface area contributed by atoms with Crippen LogP contribution in [0.15, 0.2) is 24.3 Å². The maximum atomic E-state index is 13.0. The molecule has 1 saturated heterocycles. The number of halogens is 3. The molecule has 0 aliphatic carbocycles. The van der Waals surface area contributed by atoms with Crippen molar-refractivity contribution in [3.8, 4) is 5.75 Å². The number of hydrogen-bond donors (Lipinski definition) is 3. The normalized spacial score (nSPS) is 18.8. The number of primary amides is 1. The molecule has 1 aliphatic heterocycles. The lowest BCUT2D eigenvalue weighted by Gasteiger charge is -2.12. The lowest BCUT2D eigenvalue weighted by molar-refractivity contribution is -0.123. The highest BCUT2D eigenvalue weighted by molar-refractivity contribution is 5.85. The number of benzene rings is 1. The molecule has 0 spiro atoms. The summed E-state index contributed by atoms with van der Waals surface area (Å²) in [5.74, 6) is -3.46. The maximum Gasteiger partial charge on any atom is 0.262 e. The van der Waals surface area contributed by atoms with Gasteiger partial charge in [0.1, 0.15) is 5.75 Å². The fraction of sp³-hybridized carbons (Fsp3) is 0.429. The zero-order valence-corrected chi connectivity index (χ0v) is 13.0. The Kier molecular flexibility index (Phi) is 6.71. The van der Waals surface area contributed by atoms with Crippen LogP contribution in [-0.4, -0.2) is 36.9 Å². The van der Waals surface area contributed by atoms with E-state index >= 15 is 0 Å². The van der Waals surface area contributed by atoms with Crippen LogP contribution < -0.4 is 21.1 Å². The minimum absolute atomic E-state index is 0. The number of hydrogen-bond acceptors (Lipinski definition) is 4. The highest BCUT2D eigenvalue weighted by Gasteiger charge is 2.42. The maximum absolute atomic E-state index is 13.0. The first-order valence-electron chi connectivity index (χ1n) is 6.75. The molecule has 1 aliphatic rings. The summed E-state index contributed by atoms with van der Waals surface area (Å²) in [6, 6.07) is 5.84. The van der Waals surface area contributed by atoms with Crippen LogP contribution in [0.4, 0.5) is 8.78 Å². The van der Waals surface area contributed by atoms with Crippen LogP contribution in [0, 0.1) is 0 Å². The van der Waals surface area contributed by atoms with Gasteiger partial charge in [0.25, 0.3) is 11.8 Å². The highest BCUT2D eigenvalue weighted by Crippen LogP contribution is 2.25. The lowest BCUT2D eigenvalue weighted by atomic mass is 10.1. The molecule has 0 bridgehead atoms. The first kappa shape index (κ1) is 19.1. The van der Waals surface area contributed by atoms with E-state index in [2.05, 4.69) is 10.6 Å². The van der Waals surface area contributed by atoms with E-state index in [-0.39, 0.29) is 25.6 Å². The van der Waals surface area contributed by atoms with Gasteiger partial charge in [-0.15, -0.1) is 12.4 Å². The van der Waals surface area contributed by atoms with Crippen molar-refractivity contribution in [2.75, 3.05) is 13.2 Å². The van der Waals surface area contributed by atoms with Crippen molar-refractivity contribution in [2.24, 2.45) is 5.73 Å². The van der Waals surface area contributed by atoms with Gasteiger partial charge in [-0.1, -0.05) is 12.1 Å². The van der Waals surface area contributed by atoms with Crippen LogP contribution in [-0.2, 0) is 16.1 Å². The standard InChI is InChI=1S/C14H17F2N3O3.ClH/c15-14(16)5-11(19-8-14)13(21)18-6-9-2-1-3-10(4-9)22-7-12(17)20;/h1-4,11,19H,5-8H2,(H2,17,20)(H,18,21);1H. The number of carbonyl (C=O) groups excluding carboxylic acids is 2. The summed E-state index contributed by atoms with van der Waals surface area (Å²) in [5, 5.41) is 5.08. The minimum atomic E-state index is -2.84. The summed E-state index contributed by atoms with van der Waals surface area (Å²) in [7, 11) is 0. The average Bonchev–Trinajstić information content (AvgIpc) is 2.83. The molecule has 23 heavy (non-hydrogen) atoms. The smallest absolute Gasteiger partial charge is 0.262 e. The number of ether oxygens (including phenoxy) is 1. The van der Waals surface area contributed by atoms with Crippen LogP contribution in [0.25, 0.3) is 0 Å². The van der Waals surface area contributed by atoms with E-state index in [1.807, 2.05) is 0 Å². The van der Waals surface area contributed by atoms with Gasteiger partial charge in [-0.3, -0.25) is 14.9 Å². The predicted octanol–water partition coefficient (Wildman–Crippen LogP) is 0.586. The van der Waals surface area contributed by atoms with E-state index in [1.54, 1.807) is 24.3 Å². The van der Waals surface area contributed by atoms with E-state index in [4.69, 9.17) is 10.5 Å². The molecule has 0 saturated carbocycles. The summed E-state index contributed by atoms with van der Waals surface area (Å²) < 4.78 is 31.2. The van der Waals surface area contributed by atoms with Gasteiger partial charge in [-0.2, -0.15) is 0 Å². The van der Waals surface area contributed by atoms with Crippen molar-refractivity contribution in [1.82, 2.24) is 10.6 Å². The van der Waals surface area contributed by atoms with Crippen LogP contribution in [0.5, 0.6) is 5.75 Å². The van der Waals surface area contributed by atoms with Crippen molar-refractivity contribution in [3.05, 3.63) is 29.8 Å². The van der Waals surface area contributed by atoms with Gasteiger partial charge >= 0.3 is 0 Å². The molecule has 1 aromatic rings. The lowest BCUT2D eigenvalue weighted by Crippen LogP contribution is -2.40. The van der Waals surface area contributed by atoms with Crippen molar-refractivity contribution in [1.29, 1.82) is 0 Å². The third kappa shape index (κ3) is 5.99. The molecule has 2 amide bonds. The Morgan fingerprint density at radius 1 is 1.43 bits per heavy atom. The number of nitrogens with one attached hydrogen (secondary N) is 2. The summed E-state index contributed by atoms with van der Waals surface area (Å²) in [6.07, 6.45) is -0.499. The molecule has 9 heteroatoms. The topological polar surface area (TPSA) is 93.5 Å². The fourth-order valence-electron chi connectivity index (χ4n) is 2.11. The zero-order chi connectivity index (χ0) is 16.2. The van der Waals surface area contributed by atoms with Crippen molar-refractivity contribution >= 4 is 24.2 Å². The zero-order valence-electron chi connectivity index (χ0n) is 12.2. The molecular weight excluding hydrogens is 332 g/mol. The number of nitrogens with two attached hydrogens (primary N) is 1. The van der Waals surface area contributed by atoms with Gasteiger partial charge in [0.15, 0.2) is 6.61 Å². The molecule has 128 valence electrons. The fourth-order valence-corrected chi connectivity index (χ4v) is 2.11. The Hall–Kier alpha value is -1.93. The average molecular weight is 350 g/mol. The third-order valence-electron chi connectivity index (χ3n) is 3.17. The van der Waals surface area contributed by atoms with E-state index in [0.717, 1.165) is 5.56 Å². The van der Waals surface area contributed by atoms with Crippen LogP contribution in [0.1, 0.15) is 12.0 Å². The van der Waals surface area contributed by atoms with Gasteiger partial charge in [-0.25, -0.2) is 8.78 Å². The molecule has 0 radical (unpaired) electrons. The third-order valence-corrected chi connectivity index (χ3v) is 3.17. The molecule has 1 atom stereocenters. The van der Waals surface area contributed by atoms with E-state index in [9.17, 15) is 18.4 Å². The van der Waals surface area contributed by atoms with E-state index in [0.29, 0.717) is 5.75 Å². The SMILES string of the molecule is Cl.NC(=O)COc1cccc(CNC(=O)C2CC(F)(F)CN2)c1. The Morgan fingerprint density at radius 3 is 2.78 bits per heavy atom. The molecule has 1 fully saturated rings. The number of alkyl halides is 2. The van der Waals surface area contributed by atoms with Gasteiger partial charge < -0.3 is 15.8 Å². The number of rotatable bonds is 6. The quantitative estimate of drug-likeness (QED) is 0.700. The van der Waals surface area contributed by atoms with Crippen molar-refractivity contribution in [2.45, 2.75) is 24.9 Å². The van der Waals surface area contributed by atoms with Crippen LogP contribution >= 0.6 is 12.4 Å². The first-order chi connectivity index (χ1) is 10.4. The van der Waals surface area contributed by atoms with Crippen molar-refractivity contribution in [3.63, 3.8) is 0 Å². The van der Waals surface area contributed by atoms with Gasteiger partial charge in [0.05, 0.1) is 12.6 Å². The van der Waals surface area contributed by atoms with Gasteiger partial charge in [0, 0.05) is 13.0 Å². The minimum Gasteiger partial charge on any atom is -0.484 e. The molecular formula is C14H18ClF2N3O3. The Bertz CT molecular complexity index is 572. The molecule has 2 rings (SSSR count). The summed E-state index contributed by atoms with van der Waals surface area (Å²) in [4.78, 5) is 22.5. The van der Waals surface area contributed by atoms with E-state index < -0.39 is 36.7 Å². The summed E-state index contributed by atoms with van der Waals surface area (Å²) >= 11 is 0. The highest BCUT2D eigenvalue weighted by atomic mass is 35.5. The monoisotopic (exact) mass is 349 g/mol. The van der Waals surface area contributed by atoms with Crippen LogP contribution in [0.3, 0.4) is 0 Å². The summed E-state index contributed by atoms with van der Waals surface area (Å²) in [5.41, 5.74) is 5.70. The second-order valence-electron chi connectivity index (χ2n) is 5.11. The first-order valence-corrected chi connectivity index (χ1v) is 6.75. The molecule has 6 nitrogen and oxygen atoms in total. The second-order valence-corrected chi connectivity index (χ2v) is 5.11. The predicted molar refractivity (Wildman–Crippen MR) is 81.6 cm³/mol. The largest absolute Gasteiger partial charge is 0.484 e. The van der Waals surface area contributed by atoms with Crippen LogP contribution in [0.2, 0.25) is 0 Å². The number of amides is 2. The van der Waals surface area contributed by atoms with E-state index in [1.165, 1.54) is 0 Å². The molecule has 1 unspecified atom stereocenters. The molecule has 4 N–H and O–H groups in total. The van der Waals surface area contributed by atoms with Crippen molar-refractivity contribution < 1.29 is 23.1 Å².